The number of fused-ring (bicyclic) bond motifs is 5. The number of carbonyl (C=O) groups excluding carboxylic acids is 1. The SMILES string of the molecule is CCCCCCCC1CCC(c2ccc(OC(=O)CC[C@@H](C)[C@H]3CC[C@H]4[C@@H]5CC(Oc6cccc(N)c6)C6CC(Oc7cccc(N)c7)CC[C@]6(C)[C@H]5CC[C@]34C)cc2)CC1. The molecule has 3 unspecified atom stereocenters. The van der Waals surface area contributed by atoms with Crippen LogP contribution in [0, 0.1) is 52.3 Å². The maximum atomic E-state index is 13.3. The fourth-order valence-corrected chi connectivity index (χ4v) is 14.3. The summed E-state index contributed by atoms with van der Waals surface area (Å²) < 4.78 is 19.7. The molecule has 332 valence electrons. The molecule has 10 atom stereocenters. The second-order valence-corrected chi connectivity index (χ2v) is 21.2. The molecular formula is C55H78N2O4. The van der Waals surface area contributed by atoms with Crippen LogP contribution in [-0.2, 0) is 4.79 Å². The Morgan fingerprint density at radius 1 is 0.705 bits per heavy atom. The highest BCUT2D eigenvalue weighted by Gasteiger charge is 2.63. The lowest BCUT2D eigenvalue weighted by Crippen LogP contribution is -2.59. The van der Waals surface area contributed by atoms with Crippen molar-refractivity contribution in [3.8, 4) is 17.2 Å². The van der Waals surface area contributed by atoms with E-state index >= 15 is 0 Å². The number of esters is 1. The molecule has 0 aromatic heterocycles. The molecule has 5 aliphatic rings. The Labute approximate surface area is 368 Å². The van der Waals surface area contributed by atoms with Crippen LogP contribution < -0.4 is 25.7 Å². The predicted octanol–water partition coefficient (Wildman–Crippen LogP) is 14.0. The first-order chi connectivity index (χ1) is 29.5. The zero-order valence-corrected chi connectivity index (χ0v) is 38.1. The highest BCUT2D eigenvalue weighted by molar-refractivity contribution is 5.72. The van der Waals surface area contributed by atoms with Crippen molar-refractivity contribution in [2.24, 2.45) is 52.3 Å². The molecule has 0 saturated heterocycles. The van der Waals surface area contributed by atoms with Gasteiger partial charge in [-0.15, -0.1) is 0 Å². The zero-order chi connectivity index (χ0) is 42.6. The third-order valence-electron chi connectivity index (χ3n) is 17.6. The number of hydrogen-bond acceptors (Lipinski definition) is 6. The van der Waals surface area contributed by atoms with Crippen LogP contribution in [0.4, 0.5) is 11.4 Å². The summed E-state index contributed by atoms with van der Waals surface area (Å²) >= 11 is 0. The average molecular weight is 831 g/mol. The Bertz CT molecular complexity index is 1890. The Kier molecular flexibility index (Phi) is 14.0. The Hall–Kier alpha value is -3.67. The number of unbranched alkanes of at least 4 members (excludes halogenated alkanes) is 4. The molecule has 0 heterocycles. The number of nitrogens with two attached hydrogens (primary N) is 2. The smallest absolute Gasteiger partial charge is 0.311 e. The molecule has 61 heavy (non-hydrogen) atoms. The van der Waals surface area contributed by atoms with Gasteiger partial charge in [-0.3, -0.25) is 4.79 Å². The lowest BCUT2D eigenvalue weighted by atomic mass is 9.43. The van der Waals surface area contributed by atoms with E-state index in [1.165, 1.54) is 95.5 Å². The van der Waals surface area contributed by atoms with Crippen LogP contribution >= 0.6 is 0 Å². The van der Waals surface area contributed by atoms with Gasteiger partial charge in [0.2, 0.25) is 0 Å². The molecule has 0 radical (unpaired) electrons. The van der Waals surface area contributed by atoms with Crippen LogP contribution in [0.2, 0.25) is 0 Å². The van der Waals surface area contributed by atoms with E-state index in [0.717, 1.165) is 60.9 Å². The van der Waals surface area contributed by atoms with Crippen LogP contribution in [0.3, 0.4) is 0 Å². The highest BCUT2D eigenvalue weighted by atomic mass is 16.5. The first-order valence-corrected chi connectivity index (χ1v) is 24.9. The molecule has 0 bridgehead atoms. The molecule has 3 aromatic rings. The van der Waals surface area contributed by atoms with Crippen LogP contribution in [0.1, 0.15) is 168 Å². The van der Waals surface area contributed by atoms with Gasteiger partial charge >= 0.3 is 5.97 Å². The topological polar surface area (TPSA) is 96.8 Å². The molecule has 6 heteroatoms. The van der Waals surface area contributed by atoms with E-state index < -0.39 is 0 Å². The van der Waals surface area contributed by atoms with E-state index in [-0.39, 0.29) is 29.0 Å². The van der Waals surface area contributed by atoms with E-state index in [1.54, 1.807) is 0 Å². The highest BCUT2D eigenvalue weighted by Crippen LogP contribution is 2.69. The summed E-state index contributed by atoms with van der Waals surface area (Å²) in [5, 5.41) is 0. The molecule has 4 N–H and O–H groups in total. The largest absolute Gasteiger partial charge is 0.490 e. The minimum absolute atomic E-state index is 0.0921. The summed E-state index contributed by atoms with van der Waals surface area (Å²) in [6, 6.07) is 24.4. The molecule has 5 aliphatic carbocycles. The first kappa shape index (κ1) is 44.0. The van der Waals surface area contributed by atoms with E-state index in [9.17, 15) is 4.79 Å². The van der Waals surface area contributed by atoms with E-state index in [2.05, 4.69) is 45.9 Å². The van der Waals surface area contributed by atoms with Gasteiger partial charge in [0.05, 0.1) is 6.10 Å². The van der Waals surface area contributed by atoms with Gasteiger partial charge in [0.1, 0.15) is 23.4 Å². The molecule has 5 fully saturated rings. The number of benzene rings is 3. The third-order valence-corrected chi connectivity index (χ3v) is 17.6. The number of nitrogen functional groups attached to an aromatic ring is 2. The Balaban J connectivity index is 0.863. The normalized spacial score (nSPS) is 33.7. The van der Waals surface area contributed by atoms with Gasteiger partial charge in [-0.2, -0.15) is 0 Å². The van der Waals surface area contributed by atoms with Crippen molar-refractivity contribution in [2.45, 2.75) is 174 Å². The maximum absolute atomic E-state index is 13.3. The lowest BCUT2D eigenvalue weighted by Gasteiger charge is -2.63. The number of rotatable bonds is 16. The molecule has 8 rings (SSSR count). The van der Waals surface area contributed by atoms with Crippen molar-refractivity contribution < 1.29 is 19.0 Å². The minimum atomic E-state index is -0.0921. The number of ether oxygens (including phenoxy) is 3. The standard InChI is InChI=1S/C55H78N2O4/c1-5-6-7-8-9-12-38-18-20-39(21-19-38)40-22-24-43(25-23-40)61-53(58)28-17-37(2)48-26-27-49-47-36-52(60-45-16-11-14-42(57)34-45)51-35-46(59-44-15-10-13-41(56)33-44)29-31-55(51,4)50(47)30-32-54(48,49)3/h10-11,13-16,22-25,33-34,37-39,46-52H,5-9,12,17-21,26-32,35-36,56-57H2,1-4H3/t37-,38?,39?,46?,47+,48-,49+,50+,51?,52?,54-,55-/m1/s1. The van der Waals surface area contributed by atoms with E-state index in [4.69, 9.17) is 25.7 Å². The van der Waals surface area contributed by atoms with Crippen molar-refractivity contribution in [2.75, 3.05) is 11.5 Å². The molecule has 5 saturated carbocycles. The van der Waals surface area contributed by atoms with Crippen molar-refractivity contribution in [3.05, 3.63) is 78.4 Å². The monoisotopic (exact) mass is 831 g/mol. The predicted molar refractivity (Wildman–Crippen MR) is 250 cm³/mol. The number of hydrogen-bond donors (Lipinski definition) is 2. The van der Waals surface area contributed by atoms with Gasteiger partial charge in [-0.25, -0.2) is 0 Å². The second-order valence-electron chi connectivity index (χ2n) is 21.2. The van der Waals surface area contributed by atoms with Gasteiger partial charge in [-0.05, 0) is 178 Å². The van der Waals surface area contributed by atoms with Crippen molar-refractivity contribution in [1.29, 1.82) is 0 Å². The van der Waals surface area contributed by atoms with Crippen LogP contribution in [0.5, 0.6) is 17.2 Å². The molecule has 0 aliphatic heterocycles. The summed E-state index contributed by atoms with van der Waals surface area (Å²) in [4.78, 5) is 13.3. The van der Waals surface area contributed by atoms with E-state index in [0.29, 0.717) is 53.6 Å². The summed E-state index contributed by atoms with van der Waals surface area (Å²) in [5.74, 6) is 7.35. The first-order valence-electron chi connectivity index (χ1n) is 24.9. The van der Waals surface area contributed by atoms with Crippen LogP contribution in [0.25, 0.3) is 0 Å². The van der Waals surface area contributed by atoms with Gasteiger partial charge < -0.3 is 25.7 Å². The summed E-state index contributed by atoms with van der Waals surface area (Å²) in [6.45, 7) is 9.92. The van der Waals surface area contributed by atoms with Gasteiger partial charge in [-0.1, -0.05) is 90.5 Å². The van der Waals surface area contributed by atoms with Gasteiger partial charge in [0.25, 0.3) is 0 Å². The van der Waals surface area contributed by atoms with Gasteiger partial charge in [0.15, 0.2) is 0 Å². The second kappa shape index (κ2) is 19.4. The van der Waals surface area contributed by atoms with Crippen molar-refractivity contribution in [3.63, 3.8) is 0 Å². The summed E-state index contributed by atoms with van der Waals surface area (Å²) in [6.07, 6.45) is 24.6. The maximum Gasteiger partial charge on any atom is 0.311 e. The fourth-order valence-electron chi connectivity index (χ4n) is 14.3. The van der Waals surface area contributed by atoms with Crippen molar-refractivity contribution in [1.82, 2.24) is 0 Å². The zero-order valence-electron chi connectivity index (χ0n) is 38.1. The fraction of sp³-hybridized carbons (Fsp3) is 0.655. The van der Waals surface area contributed by atoms with Gasteiger partial charge in [0, 0.05) is 35.8 Å². The average Bonchev–Trinajstić information content (AvgIpc) is 3.61. The Morgan fingerprint density at radius 2 is 1.38 bits per heavy atom. The summed E-state index contributed by atoms with van der Waals surface area (Å²) in [5.41, 5.74) is 15.8. The lowest BCUT2D eigenvalue weighted by molar-refractivity contribution is -0.164. The number of anilines is 2. The summed E-state index contributed by atoms with van der Waals surface area (Å²) in [7, 11) is 0. The molecule has 6 nitrogen and oxygen atoms in total. The molecular weight excluding hydrogens is 753 g/mol. The van der Waals surface area contributed by atoms with Crippen LogP contribution in [-0.4, -0.2) is 18.2 Å². The molecule has 0 amide bonds. The quantitative estimate of drug-likeness (QED) is 0.0646. The van der Waals surface area contributed by atoms with E-state index in [1.807, 2.05) is 54.6 Å². The Morgan fingerprint density at radius 3 is 2.08 bits per heavy atom. The molecule has 3 aromatic carbocycles. The van der Waals surface area contributed by atoms with Crippen molar-refractivity contribution >= 4 is 17.3 Å². The molecule has 0 spiro atoms. The number of carbonyl (C=O) groups is 1. The third kappa shape index (κ3) is 9.94. The van der Waals surface area contributed by atoms with Crippen LogP contribution in [0.15, 0.2) is 72.8 Å². The minimum Gasteiger partial charge on any atom is -0.490 e.